The van der Waals surface area contributed by atoms with Crippen molar-refractivity contribution in [2.45, 2.75) is 45.6 Å². The fourth-order valence-electron chi connectivity index (χ4n) is 3.77. The number of unbranched alkanes of at least 4 members (excludes halogenated alkanes) is 3. The summed E-state index contributed by atoms with van der Waals surface area (Å²) in [6, 6.07) is 17.6. The van der Waals surface area contributed by atoms with Crippen LogP contribution in [0.2, 0.25) is 0 Å². The predicted molar refractivity (Wildman–Crippen MR) is 136 cm³/mol. The molecule has 0 radical (unpaired) electrons. The summed E-state index contributed by atoms with van der Waals surface area (Å²) in [7, 11) is 0. The molecule has 1 unspecified atom stereocenters. The zero-order valence-corrected chi connectivity index (χ0v) is 19.7. The second-order valence-corrected chi connectivity index (χ2v) is 8.27. The van der Waals surface area contributed by atoms with Gasteiger partial charge in [0.1, 0.15) is 12.1 Å². The Bertz CT molecular complexity index is 1220. The summed E-state index contributed by atoms with van der Waals surface area (Å²) >= 11 is 0. The Kier molecular flexibility index (Phi) is 7.70. The van der Waals surface area contributed by atoms with Gasteiger partial charge in [-0.15, -0.1) is 0 Å². The molecule has 8 nitrogen and oxygen atoms in total. The van der Waals surface area contributed by atoms with Crippen LogP contribution in [0.15, 0.2) is 67.1 Å². The first-order chi connectivity index (χ1) is 16.6. The van der Waals surface area contributed by atoms with Crippen molar-refractivity contribution in [3.63, 3.8) is 0 Å². The minimum Gasteiger partial charge on any atom is -0.348 e. The van der Waals surface area contributed by atoms with E-state index in [9.17, 15) is 4.79 Å². The fraction of sp³-hybridized carbons (Fsp3) is 0.308. The molecule has 34 heavy (non-hydrogen) atoms. The van der Waals surface area contributed by atoms with E-state index in [1.807, 2.05) is 47.0 Å². The molecule has 0 bridgehead atoms. The lowest BCUT2D eigenvalue weighted by Gasteiger charge is -2.14. The number of urea groups is 1. The minimum absolute atomic E-state index is 0.0717. The molecule has 0 fully saturated rings. The van der Waals surface area contributed by atoms with E-state index in [0.29, 0.717) is 24.0 Å². The van der Waals surface area contributed by atoms with Crippen LogP contribution >= 0.6 is 0 Å². The second kappa shape index (κ2) is 11.3. The lowest BCUT2D eigenvalue weighted by molar-refractivity contribution is 0.252. The highest BCUT2D eigenvalue weighted by Crippen LogP contribution is 2.22. The largest absolute Gasteiger partial charge is 0.348 e. The van der Waals surface area contributed by atoms with E-state index in [-0.39, 0.29) is 12.1 Å². The lowest BCUT2D eigenvalue weighted by Crippen LogP contribution is -2.29. The topological polar surface area (TPSA) is 96.8 Å². The van der Waals surface area contributed by atoms with E-state index in [1.165, 1.54) is 12.8 Å². The molecule has 0 aliphatic heterocycles. The average molecular weight is 458 g/mol. The molecule has 3 N–H and O–H groups in total. The molecule has 0 saturated carbocycles. The van der Waals surface area contributed by atoms with Gasteiger partial charge in [-0.1, -0.05) is 56.5 Å². The van der Waals surface area contributed by atoms with Crippen LogP contribution in [0.4, 0.5) is 16.4 Å². The Labute approximate surface area is 199 Å². The molecule has 2 aromatic heterocycles. The Balaban J connectivity index is 1.43. The van der Waals surface area contributed by atoms with Crippen LogP contribution in [0.1, 0.15) is 51.1 Å². The number of hydrogen-bond acceptors (Lipinski definition) is 5. The Morgan fingerprint density at radius 2 is 1.88 bits per heavy atom. The van der Waals surface area contributed by atoms with E-state index in [1.54, 1.807) is 12.5 Å². The summed E-state index contributed by atoms with van der Waals surface area (Å²) in [4.78, 5) is 25.7. The quantitative estimate of drug-likeness (QED) is 0.266. The molecule has 2 aromatic carbocycles. The monoisotopic (exact) mass is 457 g/mol. The number of anilines is 2. The van der Waals surface area contributed by atoms with Crippen molar-refractivity contribution in [2.24, 2.45) is 0 Å². The van der Waals surface area contributed by atoms with Crippen LogP contribution in [0.3, 0.4) is 0 Å². The van der Waals surface area contributed by atoms with E-state index < -0.39 is 0 Å². The molecule has 0 aliphatic rings. The van der Waals surface area contributed by atoms with Crippen LogP contribution < -0.4 is 16.0 Å². The highest BCUT2D eigenvalue weighted by molar-refractivity contribution is 5.92. The van der Waals surface area contributed by atoms with E-state index in [4.69, 9.17) is 0 Å². The van der Waals surface area contributed by atoms with Gasteiger partial charge in [0.2, 0.25) is 5.95 Å². The average Bonchev–Trinajstić information content (AvgIpc) is 3.28. The van der Waals surface area contributed by atoms with Crippen molar-refractivity contribution in [2.75, 3.05) is 17.2 Å². The number of aromatic nitrogens is 4. The summed E-state index contributed by atoms with van der Waals surface area (Å²) in [5, 5.41) is 9.15. The zero-order chi connectivity index (χ0) is 23.8. The highest BCUT2D eigenvalue weighted by atomic mass is 16.2. The standard InChI is InChI=1S/C26H31N7O/c1-3-4-5-9-15-28-26(34)31-21-12-13-23-22(17-21)29-18-33(23)24-14-16-27-25(32-24)30-19(2)20-10-7-6-8-11-20/h6-8,10-14,16-19H,3-5,9,15H2,1-2H3,(H,27,30,32)(H2,28,31,34). The van der Waals surface area contributed by atoms with Crippen LogP contribution in [-0.2, 0) is 0 Å². The van der Waals surface area contributed by atoms with Crippen LogP contribution in [0.25, 0.3) is 16.9 Å². The van der Waals surface area contributed by atoms with Crippen LogP contribution in [0, 0.1) is 0 Å². The maximum absolute atomic E-state index is 12.2. The molecule has 0 saturated heterocycles. The Hall–Kier alpha value is -3.94. The van der Waals surface area contributed by atoms with Gasteiger partial charge in [-0.3, -0.25) is 4.57 Å². The third kappa shape index (κ3) is 5.89. The van der Waals surface area contributed by atoms with Crippen molar-refractivity contribution in [1.29, 1.82) is 0 Å². The number of hydrogen-bond donors (Lipinski definition) is 3. The summed E-state index contributed by atoms with van der Waals surface area (Å²) < 4.78 is 1.91. The normalized spacial score (nSPS) is 11.8. The van der Waals surface area contributed by atoms with Crippen molar-refractivity contribution < 1.29 is 4.79 Å². The Morgan fingerprint density at radius 3 is 2.71 bits per heavy atom. The highest BCUT2D eigenvalue weighted by Gasteiger charge is 2.11. The van der Waals surface area contributed by atoms with Crippen LogP contribution in [-0.4, -0.2) is 32.1 Å². The van der Waals surface area contributed by atoms with Gasteiger partial charge in [0, 0.05) is 18.4 Å². The number of nitrogens with one attached hydrogen (secondary N) is 3. The van der Waals surface area contributed by atoms with Gasteiger partial charge >= 0.3 is 6.03 Å². The molecule has 176 valence electrons. The van der Waals surface area contributed by atoms with Gasteiger partial charge in [-0.2, -0.15) is 4.98 Å². The number of amides is 2. The van der Waals surface area contributed by atoms with Gasteiger partial charge < -0.3 is 16.0 Å². The van der Waals surface area contributed by atoms with Gasteiger partial charge in [0.15, 0.2) is 0 Å². The van der Waals surface area contributed by atoms with Gasteiger partial charge in [-0.05, 0) is 43.2 Å². The number of carbonyl (C=O) groups excluding carboxylic acids is 1. The molecule has 2 heterocycles. The fourth-order valence-corrected chi connectivity index (χ4v) is 3.77. The number of rotatable bonds is 10. The van der Waals surface area contributed by atoms with Gasteiger partial charge in [0.05, 0.1) is 17.1 Å². The molecular formula is C26H31N7O. The second-order valence-electron chi connectivity index (χ2n) is 8.27. The maximum Gasteiger partial charge on any atom is 0.319 e. The number of nitrogens with zero attached hydrogens (tertiary/aromatic N) is 4. The van der Waals surface area contributed by atoms with Crippen molar-refractivity contribution in [3.8, 4) is 5.82 Å². The molecular weight excluding hydrogens is 426 g/mol. The smallest absolute Gasteiger partial charge is 0.319 e. The molecule has 4 rings (SSSR count). The summed E-state index contributed by atoms with van der Waals surface area (Å²) in [5.41, 5.74) is 3.53. The van der Waals surface area contributed by atoms with Gasteiger partial charge in [0.25, 0.3) is 0 Å². The third-order valence-corrected chi connectivity index (χ3v) is 5.65. The third-order valence-electron chi connectivity index (χ3n) is 5.65. The summed E-state index contributed by atoms with van der Waals surface area (Å²) in [6.07, 6.45) is 7.96. The molecule has 8 heteroatoms. The molecule has 0 spiro atoms. The minimum atomic E-state index is -0.200. The predicted octanol–water partition coefficient (Wildman–Crippen LogP) is 5.69. The van der Waals surface area contributed by atoms with E-state index in [2.05, 4.69) is 56.9 Å². The molecule has 4 aromatic rings. The maximum atomic E-state index is 12.2. The Morgan fingerprint density at radius 1 is 1.03 bits per heavy atom. The number of carbonyl (C=O) groups is 1. The zero-order valence-electron chi connectivity index (χ0n) is 19.7. The van der Waals surface area contributed by atoms with E-state index >= 15 is 0 Å². The number of fused-ring (bicyclic) bond motifs is 1. The van der Waals surface area contributed by atoms with Gasteiger partial charge in [-0.25, -0.2) is 14.8 Å². The first-order valence-corrected chi connectivity index (χ1v) is 11.8. The number of imidazole rings is 1. The van der Waals surface area contributed by atoms with E-state index in [0.717, 1.165) is 29.4 Å². The summed E-state index contributed by atoms with van der Waals surface area (Å²) in [5.74, 6) is 1.26. The SMILES string of the molecule is CCCCCCNC(=O)Nc1ccc2c(c1)ncn2-c1ccnc(NC(C)c2ccccc2)n1. The lowest BCUT2D eigenvalue weighted by atomic mass is 10.1. The number of benzene rings is 2. The molecule has 1 atom stereocenters. The van der Waals surface area contributed by atoms with Crippen molar-refractivity contribution in [1.82, 2.24) is 24.8 Å². The van der Waals surface area contributed by atoms with Crippen LogP contribution in [0.5, 0.6) is 0 Å². The molecule has 2 amide bonds. The first kappa shape index (κ1) is 23.2. The van der Waals surface area contributed by atoms with Crippen molar-refractivity contribution in [3.05, 3.63) is 72.7 Å². The molecule has 0 aliphatic carbocycles. The van der Waals surface area contributed by atoms with Crippen molar-refractivity contribution >= 4 is 28.7 Å². The first-order valence-electron chi connectivity index (χ1n) is 11.8. The summed E-state index contributed by atoms with van der Waals surface area (Å²) in [6.45, 7) is 4.92.